The van der Waals surface area contributed by atoms with E-state index in [-0.39, 0.29) is 49.6 Å². The van der Waals surface area contributed by atoms with Crippen LogP contribution in [0.1, 0.15) is 63.9 Å². The van der Waals surface area contributed by atoms with Crippen LogP contribution in [0.2, 0.25) is 0 Å². The Labute approximate surface area is 230 Å². The van der Waals surface area contributed by atoms with Gasteiger partial charge in [0.25, 0.3) is 0 Å². The number of Topliss-reactive ketones (excluding diaryl/α,β-unsaturated/α-hetero) is 2. The van der Waals surface area contributed by atoms with Crippen molar-refractivity contribution in [3.63, 3.8) is 0 Å². The lowest BCUT2D eigenvalue weighted by Crippen LogP contribution is -2.58. The van der Waals surface area contributed by atoms with Crippen molar-refractivity contribution in [2.24, 2.45) is 17.6 Å². The second-order valence-corrected chi connectivity index (χ2v) is 13.0. The summed E-state index contributed by atoms with van der Waals surface area (Å²) in [4.78, 5) is 53.9. The number of ether oxygens (including phenoxy) is 1. The summed E-state index contributed by atoms with van der Waals surface area (Å²) in [6.07, 6.45) is 4.07. The van der Waals surface area contributed by atoms with E-state index in [1.807, 2.05) is 13.0 Å². The maximum atomic E-state index is 13.6. The second-order valence-electron chi connectivity index (χ2n) is 11.0. The summed E-state index contributed by atoms with van der Waals surface area (Å²) in [6.45, 7) is 1.79. The molecule has 3 aliphatic rings. The van der Waals surface area contributed by atoms with Crippen LogP contribution in [0.5, 0.6) is 0 Å². The lowest BCUT2D eigenvalue weighted by molar-refractivity contribution is -0.157. The molecule has 0 aromatic heterocycles. The quantitative estimate of drug-likeness (QED) is 0.318. The summed E-state index contributed by atoms with van der Waals surface area (Å²) >= 11 is 0. The molecule has 214 valence electrons. The Balaban J connectivity index is 1.44. The van der Waals surface area contributed by atoms with Crippen LogP contribution in [-0.2, 0) is 39.7 Å². The molecule has 1 aromatic carbocycles. The highest BCUT2D eigenvalue weighted by molar-refractivity contribution is 7.88. The molecule has 0 radical (unpaired) electrons. The number of esters is 1. The van der Waals surface area contributed by atoms with Crippen molar-refractivity contribution >= 4 is 33.5 Å². The number of hydrogen-bond acceptors (Lipinski definition) is 8. The molecule has 1 saturated carbocycles. The fourth-order valence-corrected chi connectivity index (χ4v) is 7.67. The zero-order valence-electron chi connectivity index (χ0n) is 22.5. The lowest BCUT2D eigenvalue weighted by atomic mass is 9.74. The number of sulfonamides is 1. The molecule has 1 aliphatic carbocycles. The van der Waals surface area contributed by atoms with Gasteiger partial charge < -0.3 is 15.4 Å². The van der Waals surface area contributed by atoms with E-state index < -0.39 is 45.7 Å². The first kappa shape index (κ1) is 29.4. The smallest absolute Gasteiger partial charge is 0.374 e. The fraction of sp³-hybridized carbons (Fsp3) is 0.643. The molecular weight excluding hydrogens is 522 g/mol. The molecule has 3 atom stereocenters. The van der Waals surface area contributed by atoms with Crippen molar-refractivity contribution in [3.8, 4) is 0 Å². The predicted octanol–water partition coefficient (Wildman–Crippen LogP) is 1.81. The van der Waals surface area contributed by atoms with Gasteiger partial charge in [-0.15, -0.1) is 0 Å². The van der Waals surface area contributed by atoms with E-state index in [0.29, 0.717) is 37.7 Å². The number of piperazine rings is 1. The predicted molar refractivity (Wildman–Crippen MR) is 144 cm³/mol. The fourth-order valence-electron chi connectivity index (χ4n) is 6.17. The number of fused-ring (bicyclic) bond motifs is 1. The van der Waals surface area contributed by atoms with Crippen molar-refractivity contribution in [2.45, 2.75) is 82.2 Å². The van der Waals surface area contributed by atoms with Gasteiger partial charge in [-0.05, 0) is 56.4 Å². The molecule has 1 aromatic rings. The van der Waals surface area contributed by atoms with E-state index in [2.05, 4.69) is 0 Å². The third-order valence-corrected chi connectivity index (χ3v) is 10.0. The van der Waals surface area contributed by atoms with Crippen LogP contribution in [0.4, 0.5) is 0 Å². The molecule has 4 rings (SSSR count). The maximum absolute atomic E-state index is 13.6. The average Bonchev–Trinajstić information content (AvgIpc) is 3.36. The summed E-state index contributed by atoms with van der Waals surface area (Å²) in [5.41, 5.74) is 6.68. The van der Waals surface area contributed by atoms with E-state index in [4.69, 9.17) is 10.5 Å². The van der Waals surface area contributed by atoms with Crippen LogP contribution in [-0.4, -0.2) is 78.9 Å². The Hall–Kier alpha value is -2.63. The standard InChI is InChI=1S/C28H39N3O7S/c1-2-14-38-28(35)27(34)23(20-8-10-21(29)11-9-20)15-25(32)24-13-12-22-16-30(17-26(33)31(22)24)39(36,37)18-19-6-4-3-5-7-19/h3-7,20-24H,2,8-18,29H2,1H3. The highest BCUT2D eigenvalue weighted by atomic mass is 32.2. The van der Waals surface area contributed by atoms with Crippen molar-refractivity contribution in [1.82, 2.24) is 9.21 Å². The first-order chi connectivity index (χ1) is 18.6. The molecule has 3 fully saturated rings. The van der Waals surface area contributed by atoms with Gasteiger partial charge in [0.15, 0.2) is 5.78 Å². The SMILES string of the molecule is CCCOC(=O)C(=O)C(CC(=O)C1CCC2CN(S(=O)(=O)Cc3ccccc3)CC(=O)N21)C1CCC(N)CC1. The molecule has 3 unspecified atom stereocenters. The van der Waals surface area contributed by atoms with E-state index >= 15 is 0 Å². The first-order valence-corrected chi connectivity index (χ1v) is 15.5. The Morgan fingerprint density at radius 3 is 2.41 bits per heavy atom. The molecule has 0 spiro atoms. The number of carbonyl (C=O) groups excluding carboxylic acids is 4. The average molecular weight is 562 g/mol. The van der Waals surface area contributed by atoms with Crippen LogP contribution in [0, 0.1) is 11.8 Å². The third-order valence-electron chi connectivity index (χ3n) is 8.26. The zero-order chi connectivity index (χ0) is 28.2. The molecular formula is C28H39N3O7S. The third kappa shape index (κ3) is 6.93. The number of benzene rings is 1. The summed E-state index contributed by atoms with van der Waals surface area (Å²) in [6, 6.07) is 7.72. The van der Waals surface area contributed by atoms with Gasteiger partial charge in [0.2, 0.25) is 21.7 Å². The second kappa shape index (κ2) is 12.7. The van der Waals surface area contributed by atoms with Gasteiger partial charge in [-0.3, -0.25) is 14.4 Å². The summed E-state index contributed by atoms with van der Waals surface area (Å²) in [5, 5.41) is 0. The summed E-state index contributed by atoms with van der Waals surface area (Å²) in [5.74, 6) is -3.42. The number of ketones is 2. The molecule has 2 N–H and O–H groups in total. The monoisotopic (exact) mass is 561 g/mol. The highest BCUT2D eigenvalue weighted by Gasteiger charge is 2.48. The van der Waals surface area contributed by atoms with Gasteiger partial charge in [0, 0.05) is 31.0 Å². The van der Waals surface area contributed by atoms with Crippen molar-refractivity contribution < 1.29 is 32.3 Å². The Morgan fingerprint density at radius 2 is 1.74 bits per heavy atom. The van der Waals surface area contributed by atoms with Crippen LogP contribution < -0.4 is 5.73 Å². The summed E-state index contributed by atoms with van der Waals surface area (Å²) < 4.78 is 32.4. The Kier molecular flexibility index (Phi) is 9.56. The highest BCUT2D eigenvalue weighted by Crippen LogP contribution is 2.36. The van der Waals surface area contributed by atoms with Gasteiger partial charge in [-0.25, -0.2) is 13.2 Å². The Morgan fingerprint density at radius 1 is 1.05 bits per heavy atom. The van der Waals surface area contributed by atoms with Crippen LogP contribution >= 0.6 is 0 Å². The summed E-state index contributed by atoms with van der Waals surface area (Å²) in [7, 11) is -3.72. The molecule has 2 heterocycles. The number of hydrogen-bond donors (Lipinski definition) is 1. The molecule has 39 heavy (non-hydrogen) atoms. The molecule has 2 aliphatic heterocycles. The minimum atomic E-state index is -3.72. The first-order valence-electron chi connectivity index (χ1n) is 13.9. The lowest BCUT2D eigenvalue weighted by Gasteiger charge is -2.39. The molecule has 10 nitrogen and oxygen atoms in total. The number of carbonyl (C=O) groups is 4. The number of nitrogens with two attached hydrogens (primary N) is 1. The molecule has 1 amide bonds. The van der Waals surface area contributed by atoms with E-state index in [0.717, 1.165) is 12.8 Å². The minimum Gasteiger partial charge on any atom is -0.460 e. The van der Waals surface area contributed by atoms with Crippen molar-refractivity contribution in [1.29, 1.82) is 0 Å². The van der Waals surface area contributed by atoms with Gasteiger partial charge >= 0.3 is 5.97 Å². The topological polar surface area (TPSA) is 144 Å². The Bertz CT molecular complexity index is 1160. The largest absolute Gasteiger partial charge is 0.460 e. The van der Waals surface area contributed by atoms with Gasteiger partial charge in [0.1, 0.15) is 0 Å². The normalized spacial score (nSPS) is 26.6. The van der Waals surface area contributed by atoms with Crippen LogP contribution in [0.15, 0.2) is 30.3 Å². The van der Waals surface area contributed by atoms with E-state index in [1.165, 1.54) is 9.21 Å². The van der Waals surface area contributed by atoms with Crippen molar-refractivity contribution in [3.05, 3.63) is 35.9 Å². The van der Waals surface area contributed by atoms with Gasteiger partial charge in [-0.2, -0.15) is 4.31 Å². The number of amides is 1. The van der Waals surface area contributed by atoms with Gasteiger partial charge in [0.05, 0.1) is 24.9 Å². The van der Waals surface area contributed by atoms with Gasteiger partial charge in [-0.1, -0.05) is 37.3 Å². The number of rotatable bonds is 11. The molecule has 0 bridgehead atoms. The van der Waals surface area contributed by atoms with E-state index in [9.17, 15) is 27.6 Å². The van der Waals surface area contributed by atoms with Crippen molar-refractivity contribution in [2.75, 3.05) is 19.7 Å². The van der Waals surface area contributed by atoms with Crippen LogP contribution in [0.3, 0.4) is 0 Å². The molecule has 2 saturated heterocycles. The maximum Gasteiger partial charge on any atom is 0.374 e. The number of nitrogens with zero attached hydrogens (tertiary/aromatic N) is 2. The zero-order valence-corrected chi connectivity index (χ0v) is 23.3. The van der Waals surface area contributed by atoms with E-state index in [1.54, 1.807) is 24.3 Å². The minimum absolute atomic E-state index is 0.0439. The van der Waals surface area contributed by atoms with Crippen LogP contribution in [0.25, 0.3) is 0 Å². The molecule has 11 heteroatoms.